The van der Waals surface area contributed by atoms with Crippen LogP contribution in [-0.4, -0.2) is 27.3 Å². The minimum atomic E-state index is 0.774. The first-order chi connectivity index (χ1) is 5.72. The molecule has 0 fully saturated rings. The summed E-state index contributed by atoms with van der Waals surface area (Å²) in [7, 11) is 9.78. The van der Waals surface area contributed by atoms with Gasteiger partial charge >= 0.3 is 72.7 Å². The van der Waals surface area contributed by atoms with Crippen molar-refractivity contribution in [3.8, 4) is 0 Å². The van der Waals surface area contributed by atoms with Gasteiger partial charge in [-0.25, -0.2) is 0 Å². The maximum atomic E-state index is 5.84. The van der Waals surface area contributed by atoms with Gasteiger partial charge in [0.05, 0.1) is 0 Å². The second kappa shape index (κ2) is 2.37. The summed E-state index contributed by atoms with van der Waals surface area (Å²) < 4.78 is 0. The van der Waals surface area contributed by atoms with Crippen LogP contribution in [0.1, 0.15) is 0 Å². The van der Waals surface area contributed by atoms with Gasteiger partial charge in [0.15, 0.2) is 0 Å². The SMILES string of the molecule is [B]=C1N(C)c2ccccc2N1C. The molecule has 0 N–H and O–H groups in total. The topological polar surface area (TPSA) is 6.48 Å². The quantitative estimate of drug-likeness (QED) is 0.514. The molecule has 0 bridgehead atoms. The molecule has 0 atom stereocenters. The van der Waals surface area contributed by atoms with Crippen molar-refractivity contribution in [1.29, 1.82) is 0 Å². The zero-order chi connectivity index (χ0) is 8.72. The average molecular weight is 157 g/mol. The fourth-order valence-corrected chi connectivity index (χ4v) is 1.50. The molecule has 59 valence electrons. The van der Waals surface area contributed by atoms with E-state index in [0.717, 1.165) is 17.1 Å². The van der Waals surface area contributed by atoms with Crippen molar-refractivity contribution >= 4 is 24.6 Å². The fraction of sp³-hybridized carbons (Fsp3) is 0.222. The molecule has 1 aliphatic heterocycles. The Morgan fingerprint density at radius 3 is 1.83 bits per heavy atom. The second-order valence-electron chi connectivity index (χ2n) is 2.96. The Hall–Kier alpha value is -1.25. The number of hydrogen-bond donors (Lipinski definition) is 0. The van der Waals surface area contributed by atoms with Crippen LogP contribution in [0, 0.1) is 0 Å². The third kappa shape index (κ3) is 0.794. The van der Waals surface area contributed by atoms with Gasteiger partial charge in [-0.05, 0) is 0 Å². The summed E-state index contributed by atoms with van der Waals surface area (Å²) in [5.41, 5.74) is 3.10. The molecule has 12 heavy (non-hydrogen) atoms. The van der Waals surface area contributed by atoms with Crippen molar-refractivity contribution in [2.45, 2.75) is 0 Å². The van der Waals surface area contributed by atoms with E-state index in [2.05, 4.69) is 12.1 Å². The molecule has 1 aliphatic rings. The van der Waals surface area contributed by atoms with Gasteiger partial charge in [-0.2, -0.15) is 0 Å². The summed E-state index contributed by atoms with van der Waals surface area (Å²) in [5, 5.41) is 0. The summed E-state index contributed by atoms with van der Waals surface area (Å²) in [4.78, 5) is 3.96. The van der Waals surface area contributed by atoms with Crippen molar-refractivity contribution in [3.63, 3.8) is 0 Å². The van der Waals surface area contributed by atoms with Crippen molar-refractivity contribution < 1.29 is 0 Å². The summed E-state index contributed by atoms with van der Waals surface area (Å²) in [5.74, 6) is 0. The number of benzene rings is 1. The molecule has 2 rings (SSSR count). The second-order valence-corrected chi connectivity index (χ2v) is 2.96. The van der Waals surface area contributed by atoms with E-state index in [-0.39, 0.29) is 0 Å². The van der Waals surface area contributed by atoms with E-state index in [4.69, 9.17) is 7.49 Å². The zero-order valence-corrected chi connectivity index (χ0v) is 7.28. The molecule has 0 spiro atoms. The molecule has 1 aromatic carbocycles. The van der Waals surface area contributed by atoms with Crippen LogP contribution in [0.4, 0.5) is 11.4 Å². The molecule has 0 aliphatic carbocycles. The third-order valence-corrected chi connectivity index (χ3v) is 2.29. The van der Waals surface area contributed by atoms with Gasteiger partial charge in [-0.15, -0.1) is 0 Å². The number of nitrogens with zero attached hydrogens (tertiary/aromatic N) is 2. The van der Waals surface area contributed by atoms with Crippen molar-refractivity contribution in [1.82, 2.24) is 0 Å². The van der Waals surface area contributed by atoms with Gasteiger partial charge in [0.25, 0.3) is 0 Å². The maximum absolute atomic E-state index is 5.84. The van der Waals surface area contributed by atoms with Crippen molar-refractivity contribution in [3.05, 3.63) is 24.3 Å². The Bertz CT molecular complexity index is 304. The molecule has 0 saturated carbocycles. The third-order valence-electron chi connectivity index (χ3n) is 2.29. The standard InChI is InChI=1S/C9H10BN2/c1-11-7-5-3-4-6-8(7)12(2)9(11)10/h3-6H,1-2H3. The number of para-hydroxylation sites is 2. The summed E-state index contributed by atoms with van der Waals surface area (Å²) in [6.07, 6.45) is 0. The van der Waals surface area contributed by atoms with Gasteiger partial charge < -0.3 is 0 Å². The van der Waals surface area contributed by atoms with E-state index in [1.54, 1.807) is 0 Å². The van der Waals surface area contributed by atoms with Crippen LogP contribution in [0.5, 0.6) is 0 Å². The zero-order valence-electron chi connectivity index (χ0n) is 7.28. The predicted octanol–water partition coefficient (Wildman–Crippen LogP) is 0.829. The van der Waals surface area contributed by atoms with Gasteiger partial charge in [0.1, 0.15) is 0 Å². The molecular weight excluding hydrogens is 147 g/mol. The Morgan fingerprint density at radius 2 is 1.42 bits per heavy atom. The Balaban J connectivity index is 2.59. The molecule has 1 aromatic rings. The number of anilines is 2. The average Bonchev–Trinajstić information content (AvgIpc) is 2.33. The van der Waals surface area contributed by atoms with Crippen LogP contribution >= 0.6 is 0 Å². The van der Waals surface area contributed by atoms with E-state index in [9.17, 15) is 0 Å². The van der Waals surface area contributed by atoms with Gasteiger partial charge in [0, 0.05) is 0 Å². The molecule has 0 saturated heterocycles. The van der Waals surface area contributed by atoms with E-state index in [0.29, 0.717) is 0 Å². The van der Waals surface area contributed by atoms with Gasteiger partial charge in [0.2, 0.25) is 0 Å². The normalized spacial score (nSPS) is 15.2. The van der Waals surface area contributed by atoms with Crippen LogP contribution in [-0.2, 0) is 0 Å². The van der Waals surface area contributed by atoms with Crippen LogP contribution < -0.4 is 9.80 Å². The molecule has 1 heterocycles. The predicted molar refractivity (Wildman–Crippen MR) is 54.0 cm³/mol. The van der Waals surface area contributed by atoms with Crippen LogP contribution in [0.25, 0.3) is 0 Å². The Kier molecular flexibility index (Phi) is 1.46. The fourth-order valence-electron chi connectivity index (χ4n) is 1.50. The van der Waals surface area contributed by atoms with E-state index in [1.165, 1.54) is 0 Å². The minimum absolute atomic E-state index is 0.774. The first-order valence-corrected chi connectivity index (χ1v) is 3.90. The van der Waals surface area contributed by atoms with Gasteiger partial charge in [-0.3, -0.25) is 0 Å². The molecular formula is C9H10BN2. The molecule has 2 nitrogen and oxygen atoms in total. The number of hydrogen-bond acceptors (Lipinski definition) is 2. The Labute approximate surface area is 73.5 Å². The van der Waals surface area contributed by atoms with Crippen molar-refractivity contribution in [2.75, 3.05) is 23.9 Å². The summed E-state index contributed by atoms with van der Waals surface area (Å²) in [6.45, 7) is 0. The first kappa shape index (κ1) is 7.41. The van der Waals surface area contributed by atoms with Gasteiger partial charge in [-0.1, -0.05) is 0 Å². The van der Waals surface area contributed by atoms with Crippen molar-refractivity contribution in [2.24, 2.45) is 0 Å². The first-order valence-electron chi connectivity index (χ1n) is 3.90. The molecule has 0 unspecified atom stereocenters. The summed E-state index contributed by atoms with van der Waals surface area (Å²) in [6, 6.07) is 8.15. The number of rotatable bonds is 0. The van der Waals surface area contributed by atoms with E-state index < -0.39 is 0 Å². The molecule has 0 aromatic heterocycles. The van der Waals surface area contributed by atoms with E-state index in [1.807, 2.05) is 36.0 Å². The molecule has 0 amide bonds. The Morgan fingerprint density at radius 1 is 1.00 bits per heavy atom. The number of fused-ring (bicyclic) bond motifs is 1. The molecule has 1 radical (unpaired) electrons. The van der Waals surface area contributed by atoms with Crippen LogP contribution in [0.15, 0.2) is 24.3 Å². The van der Waals surface area contributed by atoms with Crippen LogP contribution in [0.3, 0.4) is 0 Å². The van der Waals surface area contributed by atoms with Crippen LogP contribution in [0.2, 0.25) is 0 Å². The summed E-state index contributed by atoms with van der Waals surface area (Å²) >= 11 is 0. The van der Waals surface area contributed by atoms with E-state index >= 15 is 0 Å². The monoisotopic (exact) mass is 157 g/mol. The molecule has 3 heteroatoms.